The maximum Gasteiger partial charge on any atom is 0.540 e. The Morgan fingerprint density at radius 3 is 2.50 bits per heavy atom. The maximum absolute atomic E-state index is 11.0. The Kier molecular flexibility index (Phi) is 6.25. The van der Waals surface area contributed by atoms with E-state index in [1.54, 1.807) is 13.8 Å². The van der Waals surface area contributed by atoms with Gasteiger partial charge in [-0.2, -0.15) is 0 Å². The first-order valence-corrected chi connectivity index (χ1v) is 5.21. The fourth-order valence-corrected chi connectivity index (χ4v) is 1.35. The van der Waals surface area contributed by atoms with E-state index in [0.29, 0.717) is 0 Å². The highest BCUT2D eigenvalue weighted by Gasteiger charge is 2.38. The Hall–Kier alpha value is -0.180. The van der Waals surface area contributed by atoms with Crippen molar-refractivity contribution in [2.24, 2.45) is 0 Å². The summed E-state index contributed by atoms with van der Waals surface area (Å²) in [6.45, 7) is 3.80. The van der Waals surface area contributed by atoms with Crippen molar-refractivity contribution >= 4 is 25.6 Å². The van der Waals surface area contributed by atoms with E-state index in [2.05, 4.69) is 9.26 Å². The average molecular weight is 214 g/mol. The second-order valence-electron chi connectivity index (χ2n) is 1.79. The molecule has 70 valence electrons. The van der Waals surface area contributed by atoms with Crippen LogP contribution >= 0.6 is 19.6 Å². The van der Waals surface area contributed by atoms with E-state index >= 15 is 0 Å². The second kappa shape index (κ2) is 6.35. The molecule has 2 unspecified atom stereocenters. The van der Waals surface area contributed by atoms with Crippen LogP contribution in [0, 0.1) is 0 Å². The number of ether oxygens (including phenoxy) is 1. The largest absolute Gasteiger partial charge is 0.540 e. The highest BCUT2D eigenvalue weighted by Crippen LogP contribution is 2.32. The van der Waals surface area contributed by atoms with Gasteiger partial charge in [0.05, 0.1) is 13.2 Å². The quantitative estimate of drug-likeness (QED) is 0.398. The summed E-state index contributed by atoms with van der Waals surface area (Å²) in [4.78, 5) is 10.8. The van der Waals surface area contributed by atoms with Crippen molar-refractivity contribution in [1.29, 1.82) is 0 Å². The van der Waals surface area contributed by atoms with Crippen LogP contribution in [0.4, 0.5) is 0 Å². The molecule has 0 saturated heterocycles. The lowest BCUT2D eigenvalue weighted by Gasteiger charge is -1.97. The monoisotopic (exact) mass is 213 g/mol. The number of esters is 1. The molecule has 4 nitrogen and oxygen atoms in total. The molecule has 0 aliphatic heterocycles. The fraction of sp³-hybridized carbons (Fsp3) is 0.833. The Labute approximate surface area is 77.0 Å². The van der Waals surface area contributed by atoms with Crippen LogP contribution in [0.15, 0.2) is 0 Å². The van der Waals surface area contributed by atoms with Crippen LogP contribution in [-0.2, 0) is 18.6 Å². The van der Waals surface area contributed by atoms with Crippen molar-refractivity contribution in [3.63, 3.8) is 0 Å². The fourth-order valence-electron chi connectivity index (χ4n) is 0.490. The highest BCUT2D eigenvalue weighted by atomic mass is 35.5. The summed E-state index contributed by atoms with van der Waals surface area (Å²) in [6.07, 6.45) is 0. The molecular weight excluding hydrogens is 202 g/mol. The minimum absolute atomic E-state index is 0.220. The molecule has 0 saturated carbocycles. The number of carbonyl (C=O) groups is 1. The molecule has 6 heteroatoms. The lowest BCUT2D eigenvalue weighted by atomic mass is 10.7. The number of halogens is 1. The Balaban J connectivity index is 3.91. The molecule has 0 N–H and O–H groups in total. The van der Waals surface area contributed by atoms with Gasteiger partial charge in [-0.25, -0.2) is 4.79 Å². The van der Waals surface area contributed by atoms with E-state index in [0.717, 1.165) is 0 Å². The van der Waals surface area contributed by atoms with Gasteiger partial charge in [0.15, 0.2) is 0 Å². The summed E-state index contributed by atoms with van der Waals surface area (Å²) in [5, 5.41) is -1.19. The zero-order valence-electron chi connectivity index (χ0n) is 6.95. The number of rotatable bonds is 5. The molecule has 0 rings (SSSR count). The first kappa shape index (κ1) is 11.8. The van der Waals surface area contributed by atoms with Crippen LogP contribution < -0.4 is 0 Å². The minimum atomic E-state index is -2.15. The highest BCUT2D eigenvalue weighted by molar-refractivity contribution is 7.44. The van der Waals surface area contributed by atoms with Gasteiger partial charge >= 0.3 is 19.1 Å². The Morgan fingerprint density at radius 2 is 2.08 bits per heavy atom. The normalized spacial score (nSPS) is 13.8. The summed E-state index contributed by atoms with van der Waals surface area (Å²) >= 11 is 5.46. The van der Waals surface area contributed by atoms with E-state index < -0.39 is 19.1 Å². The molecule has 0 aromatic heterocycles. The van der Waals surface area contributed by atoms with Crippen LogP contribution in [0.25, 0.3) is 0 Å². The van der Waals surface area contributed by atoms with Crippen LogP contribution in [0.2, 0.25) is 0 Å². The first-order valence-electron chi connectivity index (χ1n) is 3.53. The SMILES string of the molecule is CCOC(=O)C(Cl)[P+](=O)OCC. The maximum atomic E-state index is 11.0. The molecule has 0 heterocycles. The average Bonchev–Trinajstić information content (AvgIpc) is 2.04. The summed E-state index contributed by atoms with van der Waals surface area (Å²) in [5.74, 6) is -0.700. The van der Waals surface area contributed by atoms with Gasteiger partial charge in [-0.3, -0.25) is 0 Å². The zero-order chi connectivity index (χ0) is 9.56. The van der Waals surface area contributed by atoms with Gasteiger partial charge in [0, 0.05) is 0 Å². The molecule has 0 bridgehead atoms. The van der Waals surface area contributed by atoms with Crippen molar-refractivity contribution in [2.75, 3.05) is 13.2 Å². The van der Waals surface area contributed by atoms with Gasteiger partial charge in [-0.1, -0.05) is 11.6 Å². The lowest BCUT2D eigenvalue weighted by Crippen LogP contribution is -2.14. The Morgan fingerprint density at radius 1 is 1.50 bits per heavy atom. The van der Waals surface area contributed by atoms with Crippen molar-refractivity contribution in [1.82, 2.24) is 0 Å². The smallest absolute Gasteiger partial charge is 0.462 e. The molecule has 0 aliphatic carbocycles. The third-order valence-corrected chi connectivity index (χ3v) is 2.67. The van der Waals surface area contributed by atoms with Crippen LogP contribution in [-0.4, -0.2) is 24.3 Å². The number of hydrogen-bond acceptors (Lipinski definition) is 4. The molecule has 12 heavy (non-hydrogen) atoms. The number of carbonyl (C=O) groups excluding carboxylic acids is 1. The summed E-state index contributed by atoms with van der Waals surface area (Å²) in [5.41, 5.74) is 0. The molecule has 0 spiro atoms. The van der Waals surface area contributed by atoms with Crippen LogP contribution in [0.5, 0.6) is 0 Å². The van der Waals surface area contributed by atoms with Gasteiger partial charge in [-0.05, 0) is 18.4 Å². The minimum Gasteiger partial charge on any atom is -0.462 e. The number of hydrogen-bond donors (Lipinski definition) is 0. The van der Waals surface area contributed by atoms with Gasteiger partial charge in [-0.15, -0.1) is 4.52 Å². The summed E-state index contributed by atoms with van der Waals surface area (Å²) in [6, 6.07) is 0. The van der Waals surface area contributed by atoms with Gasteiger partial charge in [0.1, 0.15) is 0 Å². The number of alkyl halides is 1. The van der Waals surface area contributed by atoms with E-state index in [4.69, 9.17) is 11.6 Å². The molecule has 0 amide bonds. The molecule has 0 aromatic carbocycles. The van der Waals surface area contributed by atoms with Crippen molar-refractivity contribution in [3.8, 4) is 0 Å². The second-order valence-corrected chi connectivity index (χ2v) is 3.88. The van der Waals surface area contributed by atoms with E-state index in [9.17, 15) is 9.36 Å². The topological polar surface area (TPSA) is 52.6 Å². The third-order valence-electron chi connectivity index (χ3n) is 0.923. The molecule has 0 radical (unpaired) electrons. The molecule has 0 aromatic rings. The van der Waals surface area contributed by atoms with Crippen LogP contribution in [0.3, 0.4) is 0 Å². The molecule has 0 aliphatic rings. The van der Waals surface area contributed by atoms with Gasteiger partial charge in [0.2, 0.25) is 0 Å². The predicted octanol–water partition coefficient (Wildman–Crippen LogP) is 1.89. The summed E-state index contributed by atoms with van der Waals surface area (Å²) < 4.78 is 20.1. The van der Waals surface area contributed by atoms with Crippen molar-refractivity contribution in [2.45, 2.75) is 19.0 Å². The molecular formula is C6H11ClO4P+. The summed E-state index contributed by atoms with van der Waals surface area (Å²) in [7, 11) is -2.15. The van der Waals surface area contributed by atoms with E-state index in [1.165, 1.54) is 0 Å². The lowest BCUT2D eigenvalue weighted by molar-refractivity contribution is -0.141. The zero-order valence-corrected chi connectivity index (χ0v) is 8.60. The first-order chi connectivity index (χ1) is 5.63. The van der Waals surface area contributed by atoms with Crippen molar-refractivity contribution in [3.05, 3.63) is 0 Å². The standard InChI is InChI=1S/C6H11ClO4P/c1-3-10-6(8)5(7)12(9)11-4-2/h5H,3-4H2,1-2H3/q+1. The van der Waals surface area contributed by atoms with E-state index in [1.807, 2.05) is 0 Å². The third kappa shape index (κ3) is 4.00. The Bertz CT molecular complexity index is 155. The van der Waals surface area contributed by atoms with Gasteiger partial charge in [0.25, 0.3) is 0 Å². The molecule has 2 atom stereocenters. The van der Waals surface area contributed by atoms with Crippen molar-refractivity contribution < 1.29 is 18.6 Å². The van der Waals surface area contributed by atoms with E-state index in [-0.39, 0.29) is 13.2 Å². The van der Waals surface area contributed by atoms with Gasteiger partial charge < -0.3 is 4.74 Å². The molecule has 0 fully saturated rings. The predicted molar refractivity (Wildman–Crippen MR) is 45.5 cm³/mol. The van der Waals surface area contributed by atoms with Crippen LogP contribution in [0.1, 0.15) is 13.8 Å².